The van der Waals surface area contributed by atoms with Crippen molar-refractivity contribution < 1.29 is 9.18 Å². The third kappa shape index (κ3) is 1.99. The minimum Gasteiger partial charge on any atom is -0.324 e. The molecule has 70 valence electrons. The van der Waals surface area contributed by atoms with Crippen molar-refractivity contribution in [3.05, 3.63) is 33.6 Å². The van der Waals surface area contributed by atoms with Crippen LogP contribution in [0.4, 0.5) is 4.39 Å². The lowest BCUT2D eigenvalue weighted by Crippen LogP contribution is -2.15. The summed E-state index contributed by atoms with van der Waals surface area (Å²) >= 11 is 11.1. The average Bonchev–Trinajstić information content (AvgIpc) is 2.12. The molecular weight excluding hydrogens is 216 g/mol. The minimum atomic E-state index is -0.815. The van der Waals surface area contributed by atoms with Crippen LogP contribution in [0.1, 0.15) is 10.4 Å². The van der Waals surface area contributed by atoms with Crippen molar-refractivity contribution in [2.75, 3.05) is 6.54 Å². The lowest BCUT2D eigenvalue weighted by Gasteiger charge is -2.03. The van der Waals surface area contributed by atoms with Crippen molar-refractivity contribution >= 4 is 29.0 Å². The Kier molecular flexibility index (Phi) is 3.25. The van der Waals surface area contributed by atoms with Crippen molar-refractivity contribution in [1.29, 1.82) is 0 Å². The molecule has 5 heteroatoms. The van der Waals surface area contributed by atoms with E-state index in [9.17, 15) is 9.18 Å². The predicted octanol–water partition coefficient (Wildman–Crippen LogP) is 2.27. The summed E-state index contributed by atoms with van der Waals surface area (Å²) in [4.78, 5) is 11.1. The van der Waals surface area contributed by atoms with Crippen LogP contribution in [0.2, 0.25) is 10.0 Å². The van der Waals surface area contributed by atoms with Crippen LogP contribution in [0.3, 0.4) is 0 Å². The first kappa shape index (κ1) is 10.4. The molecule has 0 radical (unpaired) electrons. The van der Waals surface area contributed by atoms with E-state index in [4.69, 9.17) is 28.9 Å². The fraction of sp³-hybridized carbons (Fsp3) is 0.125. The zero-order chi connectivity index (χ0) is 10.0. The van der Waals surface area contributed by atoms with Crippen LogP contribution >= 0.6 is 23.2 Å². The second kappa shape index (κ2) is 4.05. The Labute approximate surface area is 84.4 Å². The van der Waals surface area contributed by atoms with E-state index in [2.05, 4.69) is 0 Å². The summed E-state index contributed by atoms with van der Waals surface area (Å²) in [5.74, 6) is -1.38. The summed E-state index contributed by atoms with van der Waals surface area (Å²) in [6.45, 7) is -0.295. The van der Waals surface area contributed by atoms with Crippen molar-refractivity contribution in [2.45, 2.75) is 0 Å². The van der Waals surface area contributed by atoms with Gasteiger partial charge in [-0.1, -0.05) is 23.2 Å². The largest absolute Gasteiger partial charge is 0.324 e. The summed E-state index contributed by atoms with van der Waals surface area (Å²) in [5, 5.41) is -0.112. The summed E-state index contributed by atoms with van der Waals surface area (Å²) in [5.41, 5.74) is 4.83. The number of ketones is 1. The number of nitrogens with two attached hydrogens (primary N) is 1. The summed E-state index contributed by atoms with van der Waals surface area (Å²) in [6.07, 6.45) is 0. The van der Waals surface area contributed by atoms with Crippen molar-refractivity contribution in [3.63, 3.8) is 0 Å². The number of carbonyl (C=O) groups is 1. The molecule has 0 saturated heterocycles. The van der Waals surface area contributed by atoms with E-state index in [0.717, 1.165) is 0 Å². The van der Waals surface area contributed by atoms with Gasteiger partial charge in [0, 0.05) is 0 Å². The second-order valence-electron chi connectivity index (χ2n) is 2.35. The Morgan fingerprint density at radius 2 is 1.92 bits per heavy atom. The van der Waals surface area contributed by atoms with Gasteiger partial charge in [-0.25, -0.2) is 4.39 Å². The van der Waals surface area contributed by atoms with Gasteiger partial charge in [0.1, 0.15) is 0 Å². The molecule has 1 rings (SSSR count). The van der Waals surface area contributed by atoms with Gasteiger partial charge in [0.05, 0.1) is 22.2 Å². The lowest BCUT2D eigenvalue weighted by atomic mass is 10.1. The Hall–Kier alpha value is -0.640. The molecule has 0 aliphatic heterocycles. The number of Topliss-reactive ketones (excluding diaryl/α,β-unsaturated/α-hetero) is 1. The van der Waals surface area contributed by atoms with Crippen LogP contribution in [0.25, 0.3) is 0 Å². The number of halogens is 3. The molecule has 0 bridgehead atoms. The Morgan fingerprint density at radius 3 is 2.46 bits per heavy atom. The van der Waals surface area contributed by atoms with E-state index >= 15 is 0 Å². The van der Waals surface area contributed by atoms with Gasteiger partial charge in [-0.2, -0.15) is 0 Å². The van der Waals surface area contributed by atoms with Gasteiger partial charge < -0.3 is 5.73 Å². The Bertz CT molecular complexity index is 354. The molecule has 1 aromatic rings. The molecule has 0 heterocycles. The highest BCUT2D eigenvalue weighted by atomic mass is 35.5. The highest BCUT2D eigenvalue weighted by molar-refractivity contribution is 6.36. The van der Waals surface area contributed by atoms with E-state index < -0.39 is 11.6 Å². The maximum Gasteiger partial charge on any atom is 0.180 e. The van der Waals surface area contributed by atoms with E-state index in [0.29, 0.717) is 0 Å². The Balaban J connectivity index is 3.33. The van der Waals surface area contributed by atoms with Gasteiger partial charge in [-0.15, -0.1) is 0 Å². The molecule has 0 aliphatic rings. The van der Waals surface area contributed by atoms with Gasteiger partial charge >= 0.3 is 0 Å². The van der Waals surface area contributed by atoms with E-state index in [1.807, 2.05) is 0 Å². The predicted molar refractivity (Wildman–Crippen MR) is 49.8 cm³/mol. The third-order valence-corrected chi connectivity index (χ3v) is 2.12. The molecule has 0 amide bonds. The SMILES string of the molecule is NCC(=O)c1c(Cl)ccc(Cl)c1F. The van der Waals surface area contributed by atoms with Gasteiger partial charge in [0.25, 0.3) is 0 Å². The van der Waals surface area contributed by atoms with Gasteiger partial charge in [-0.05, 0) is 12.1 Å². The maximum atomic E-state index is 13.2. The standard InChI is InChI=1S/C8H6Cl2FNO/c9-4-1-2-5(10)8(11)7(4)6(13)3-12/h1-2H,3,12H2. The molecule has 0 saturated carbocycles. The third-order valence-electron chi connectivity index (χ3n) is 1.51. The molecule has 0 unspecified atom stereocenters. The van der Waals surface area contributed by atoms with Crippen LogP contribution in [0, 0.1) is 5.82 Å². The van der Waals surface area contributed by atoms with Crippen molar-refractivity contribution in [3.8, 4) is 0 Å². The second-order valence-corrected chi connectivity index (χ2v) is 3.16. The first-order valence-electron chi connectivity index (χ1n) is 3.44. The van der Waals surface area contributed by atoms with Crippen LogP contribution in [-0.4, -0.2) is 12.3 Å². The summed E-state index contributed by atoms with van der Waals surface area (Å²) < 4.78 is 13.2. The number of carbonyl (C=O) groups excluding carboxylic acids is 1. The fourth-order valence-electron chi connectivity index (χ4n) is 0.885. The van der Waals surface area contributed by atoms with Crippen LogP contribution in [0.15, 0.2) is 12.1 Å². The number of hydrogen-bond donors (Lipinski definition) is 1. The topological polar surface area (TPSA) is 43.1 Å². The van der Waals surface area contributed by atoms with E-state index in [1.54, 1.807) is 0 Å². The average molecular weight is 222 g/mol. The molecule has 13 heavy (non-hydrogen) atoms. The van der Waals surface area contributed by atoms with Gasteiger partial charge in [0.2, 0.25) is 0 Å². The van der Waals surface area contributed by atoms with Crippen molar-refractivity contribution in [2.24, 2.45) is 5.73 Å². The van der Waals surface area contributed by atoms with Gasteiger partial charge in [0.15, 0.2) is 11.6 Å². The van der Waals surface area contributed by atoms with Gasteiger partial charge in [-0.3, -0.25) is 4.79 Å². The summed E-state index contributed by atoms with van der Waals surface area (Å²) in [6, 6.07) is 2.64. The molecule has 2 N–H and O–H groups in total. The Morgan fingerprint density at radius 1 is 1.38 bits per heavy atom. The van der Waals surface area contributed by atoms with Crippen LogP contribution < -0.4 is 5.73 Å². The highest BCUT2D eigenvalue weighted by Gasteiger charge is 2.16. The molecule has 0 aromatic heterocycles. The summed E-state index contributed by atoms with van der Waals surface area (Å²) in [7, 11) is 0. The molecule has 0 fully saturated rings. The number of hydrogen-bond acceptors (Lipinski definition) is 2. The minimum absolute atomic E-state index is 0.0253. The zero-order valence-corrected chi connectivity index (χ0v) is 7.99. The normalized spacial score (nSPS) is 10.2. The zero-order valence-electron chi connectivity index (χ0n) is 6.48. The van der Waals surface area contributed by atoms with E-state index in [1.165, 1.54) is 12.1 Å². The van der Waals surface area contributed by atoms with E-state index in [-0.39, 0.29) is 22.2 Å². The van der Waals surface area contributed by atoms with Crippen LogP contribution in [-0.2, 0) is 0 Å². The molecular formula is C8H6Cl2FNO. The maximum absolute atomic E-state index is 13.2. The molecule has 0 spiro atoms. The van der Waals surface area contributed by atoms with Crippen LogP contribution in [0.5, 0.6) is 0 Å². The molecule has 0 aliphatic carbocycles. The highest BCUT2D eigenvalue weighted by Crippen LogP contribution is 2.25. The molecule has 1 aromatic carbocycles. The lowest BCUT2D eigenvalue weighted by molar-refractivity contribution is 0.0997. The monoisotopic (exact) mass is 221 g/mol. The first-order valence-corrected chi connectivity index (χ1v) is 4.20. The van der Waals surface area contributed by atoms with Crippen molar-refractivity contribution in [1.82, 2.24) is 0 Å². The quantitative estimate of drug-likeness (QED) is 0.616. The number of benzene rings is 1. The fourth-order valence-corrected chi connectivity index (χ4v) is 1.29. The number of rotatable bonds is 2. The molecule has 0 atom stereocenters. The molecule has 2 nitrogen and oxygen atoms in total. The first-order chi connectivity index (χ1) is 6.07. The smallest absolute Gasteiger partial charge is 0.180 e.